The third-order valence-corrected chi connectivity index (χ3v) is 3.10. The standard InChI is InChI=1S/C12H17N/c1-9-7-12(13)6-5-11(9)8-10-3-2-4-10/h5-7,10H,2-4,8,13H2,1H3. The number of nitrogen functional groups attached to an aromatic ring is 1. The molecular weight excluding hydrogens is 158 g/mol. The highest BCUT2D eigenvalue weighted by Crippen LogP contribution is 2.30. The molecule has 0 saturated heterocycles. The molecule has 0 atom stereocenters. The van der Waals surface area contributed by atoms with Crippen molar-refractivity contribution in [1.82, 2.24) is 0 Å². The van der Waals surface area contributed by atoms with Crippen LogP contribution in [0, 0.1) is 12.8 Å². The Morgan fingerprint density at radius 3 is 2.69 bits per heavy atom. The molecule has 13 heavy (non-hydrogen) atoms. The zero-order valence-corrected chi connectivity index (χ0v) is 8.22. The summed E-state index contributed by atoms with van der Waals surface area (Å²) in [4.78, 5) is 0. The van der Waals surface area contributed by atoms with Gasteiger partial charge in [0.2, 0.25) is 0 Å². The average molecular weight is 175 g/mol. The first-order chi connectivity index (χ1) is 6.25. The normalized spacial score (nSPS) is 17.0. The van der Waals surface area contributed by atoms with Gasteiger partial charge in [0.1, 0.15) is 0 Å². The van der Waals surface area contributed by atoms with Crippen molar-refractivity contribution in [3.63, 3.8) is 0 Å². The van der Waals surface area contributed by atoms with E-state index in [0.29, 0.717) is 0 Å². The van der Waals surface area contributed by atoms with Crippen LogP contribution < -0.4 is 5.73 Å². The molecule has 0 amide bonds. The van der Waals surface area contributed by atoms with Crippen LogP contribution in [0.2, 0.25) is 0 Å². The van der Waals surface area contributed by atoms with Gasteiger partial charge in [0.25, 0.3) is 0 Å². The van der Waals surface area contributed by atoms with E-state index < -0.39 is 0 Å². The fourth-order valence-corrected chi connectivity index (χ4v) is 1.96. The summed E-state index contributed by atoms with van der Waals surface area (Å²) in [6.07, 6.45) is 5.53. The van der Waals surface area contributed by atoms with E-state index in [1.807, 2.05) is 6.07 Å². The zero-order valence-electron chi connectivity index (χ0n) is 8.22. The Bertz CT molecular complexity index is 300. The van der Waals surface area contributed by atoms with Gasteiger partial charge in [-0.05, 0) is 42.5 Å². The van der Waals surface area contributed by atoms with Crippen molar-refractivity contribution in [2.24, 2.45) is 5.92 Å². The highest BCUT2D eigenvalue weighted by atomic mass is 14.5. The Balaban J connectivity index is 2.10. The minimum atomic E-state index is 0.884. The van der Waals surface area contributed by atoms with Crippen LogP contribution in [0.25, 0.3) is 0 Å². The molecule has 0 aliphatic heterocycles. The van der Waals surface area contributed by atoms with Crippen LogP contribution >= 0.6 is 0 Å². The predicted octanol–water partition coefficient (Wildman–Crippen LogP) is 2.92. The molecule has 1 aliphatic rings. The van der Waals surface area contributed by atoms with Gasteiger partial charge in [0.15, 0.2) is 0 Å². The summed E-state index contributed by atoms with van der Waals surface area (Å²) in [6, 6.07) is 6.28. The Morgan fingerprint density at radius 2 is 2.15 bits per heavy atom. The molecule has 1 aliphatic carbocycles. The highest BCUT2D eigenvalue weighted by Gasteiger charge is 2.18. The van der Waals surface area contributed by atoms with E-state index in [-0.39, 0.29) is 0 Å². The van der Waals surface area contributed by atoms with Crippen molar-refractivity contribution in [3.8, 4) is 0 Å². The van der Waals surface area contributed by atoms with Crippen molar-refractivity contribution in [2.75, 3.05) is 5.73 Å². The lowest BCUT2D eigenvalue weighted by Crippen LogP contribution is -2.14. The number of aryl methyl sites for hydroxylation is 1. The van der Waals surface area contributed by atoms with Crippen LogP contribution in [-0.4, -0.2) is 0 Å². The van der Waals surface area contributed by atoms with Crippen LogP contribution in [0.15, 0.2) is 18.2 Å². The second-order valence-electron chi connectivity index (χ2n) is 4.19. The van der Waals surface area contributed by atoms with Crippen LogP contribution in [-0.2, 0) is 6.42 Å². The number of nitrogens with two attached hydrogens (primary N) is 1. The van der Waals surface area contributed by atoms with Gasteiger partial charge in [-0.2, -0.15) is 0 Å². The summed E-state index contributed by atoms with van der Waals surface area (Å²) in [5.74, 6) is 0.947. The van der Waals surface area contributed by atoms with Crippen molar-refractivity contribution in [3.05, 3.63) is 29.3 Å². The van der Waals surface area contributed by atoms with E-state index in [2.05, 4.69) is 19.1 Å². The van der Waals surface area contributed by atoms with Crippen LogP contribution in [0.1, 0.15) is 30.4 Å². The quantitative estimate of drug-likeness (QED) is 0.687. The van der Waals surface area contributed by atoms with Gasteiger partial charge < -0.3 is 5.73 Å². The molecule has 70 valence electrons. The summed E-state index contributed by atoms with van der Waals surface area (Å²) in [7, 11) is 0. The molecule has 1 heteroatoms. The summed E-state index contributed by atoms with van der Waals surface area (Å²) in [5, 5.41) is 0. The van der Waals surface area contributed by atoms with E-state index in [1.165, 1.54) is 36.8 Å². The van der Waals surface area contributed by atoms with Gasteiger partial charge in [0, 0.05) is 5.69 Å². The maximum atomic E-state index is 5.70. The first kappa shape index (κ1) is 8.61. The number of benzene rings is 1. The molecule has 1 aromatic rings. The van der Waals surface area contributed by atoms with Gasteiger partial charge >= 0.3 is 0 Å². The molecule has 2 rings (SSSR count). The zero-order chi connectivity index (χ0) is 9.26. The average Bonchev–Trinajstić information content (AvgIpc) is 1.99. The molecule has 0 heterocycles. The first-order valence-electron chi connectivity index (χ1n) is 5.11. The third kappa shape index (κ3) is 1.85. The molecule has 0 aromatic heterocycles. The van der Waals surface area contributed by atoms with Gasteiger partial charge in [-0.15, -0.1) is 0 Å². The molecule has 0 radical (unpaired) electrons. The Labute approximate surface area is 80.0 Å². The Kier molecular flexibility index (Phi) is 2.26. The summed E-state index contributed by atoms with van der Waals surface area (Å²) in [6.45, 7) is 2.16. The summed E-state index contributed by atoms with van der Waals surface area (Å²) >= 11 is 0. The van der Waals surface area contributed by atoms with Gasteiger partial charge in [-0.25, -0.2) is 0 Å². The lowest BCUT2D eigenvalue weighted by Gasteiger charge is -2.26. The fourth-order valence-electron chi connectivity index (χ4n) is 1.96. The second kappa shape index (κ2) is 3.41. The van der Waals surface area contributed by atoms with Crippen molar-refractivity contribution in [2.45, 2.75) is 32.6 Å². The lowest BCUT2D eigenvalue weighted by molar-refractivity contribution is 0.314. The highest BCUT2D eigenvalue weighted by molar-refractivity contribution is 5.44. The number of hydrogen-bond donors (Lipinski definition) is 1. The maximum Gasteiger partial charge on any atom is 0.0316 e. The minimum absolute atomic E-state index is 0.884. The maximum absolute atomic E-state index is 5.70. The molecule has 2 N–H and O–H groups in total. The van der Waals surface area contributed by atoms with Gasteiger partial charge in [-0.3, -0.25) is 0 Å². The van der Waals surface area contributed by atoms with Crippen LogP contribution in [0.4, 0.5) is 5.69 Å². The number of hydrogen-bond acceptors (Lipinski definition) is 1. The summed E-state index contributed by atoms with van der Waals surface area (Å²) < 4.78 is 0. The van der Waals surface area contributed by atoms with Crippen molar-refractivity contribution in [1.29, 1.82) is 0 Å². The molecule has 0 spiro atoms. The monoisotopic (exact) mass is 175 g/mol. The third-order valence-electron chi connectivity index (χ3n) is 3.10. The number of anilines is 1. The van der Waals surface area contributed by atoms with E-state index >= 15 is 0 Å². The van der Waals surface area contributed by atoms with Gasteiger partial charge in [-0.1, -0.05) is 25.3 Å². The van der Waals surface area contributed by atoms with Gasteiger partial charge in [0.05, 0.1) is 0 Å². The van der Waals surface area contributed by atoms with E-state index in [0.717, 1.165) is 11.6 Å². The smallest absolute Gasteiger partial charge is 0.0316 e. The largest absolute Gasteiger partial charge is 0.399 e. The number of rotatable bonds is 2. The topological polar surface area (TPSA) is 26.0 Å². The predicted molar refractivity (Wildman–Crippen MR) is 56.6 cm³/mol. The Morgan fingerprint density at radius 1 is 1.38 bits per heavy atom. The van der Waals surface area contributed by atoms with Crippen molar-refractivity contribution >= 4 is 5.69 Å². The minimum Gasteiger partial charge on any atom is -0.399 e. The molecule has 1 aromatic carbocycles. The van der Waals surface area contributed by atoms with Crippen LogP contribution in [0.3, 0.4) is 0 Å². The molecule has 0 unspecified atom stereocenters. The second-order valence-corrected chi connectivity index (χ2v) is 4.19. The Hall–Kier alpha value is -0.980. The lowest BCUT2D eigenvalue weighted by atomic mass is 9.80. The molecule has 0 bridgehead atoms. The molecular formula is C12H17N. The summed E-state index contributed by atoms with van der Waals surface area (Å²) in [5.41, 5.74) is 9.43. The molecule has 1 nitrogen and oxygen atoms in total. The first-order valence-corrected chi connectivity index (χ1v) is 5.11. The van der Waals surface area contributed by atoms with Crippen LogP contribution in [0.5, 0.6) is 0 Å². The van der Waals surface area contributed by atoms with E-state index in [4.69, 9.17) is 5.73 Å². The SMILES string of the molecule is Cc1cc(N)ccc1CC1CCC1. The molecule has 1 saturated carbocycles. The van der Waals surface area contributed by atoms with E-state index in [9.17, 15) is 0 Å². The van der Waals surface area contributed by atoms with E-state index in [1.54, 1.807) is 0 Å². The fraction of sp³-hybridized carbons (Fsp3) is 0.500. The van der Waals surface area contributed by atoms with Crippen molar-refractivity contribution < 1.29 is 0 Å². The molecule has 1 fully saturated rings.